The van der Waals surface area contributed by atoms with Gasteiger partial charge in [0.1, 0.15) is 11.6 Å². The van der Waals surface area contributed by atoms with Crippen LogP contribution in [0.25, 0.3) is 0 Å². The molecule has 8 nitrogen and oxygen atoms in total. The van der Waals surface area contributed by atoms with Gasteiger partial charge in [0.25, 0.3) is 0 Å². The zero-order valence-corrected chi connectivity index (χ0v) is 16.9. The number of rotatable bonds is 8. The van der Waals surface area contributed by atoms with E-state index in [4.69, 9.17) is 4.74 Å². The maximum absolute atomic E-state index is 12.1. The maximum atomic E-state index is 12.1. The number of carbonyl (C=O) groups excluding carboxylic acids is 1. The molecule has 142 valence electrons. The van der Waals surface area contributed by atoms with Crippen LogP contribution in [0.1, 0.15) is 12.6 Å². The minimum absolute atomic E-state index is 0.116. The first-order valence-corrected chi connectivity index (χ1v) is 10.1. The first-order valence-electron chi connectivity index (χ1n) is 8.30. The van der Waals surface area contributed by atoms with Crippen LogP contribution in [0.2, 0.25) is 0 Å². The number of amides is 1. The number of anilines is 3. The molecule has 0 spiro atoms. The fourth-order valence-corrected chi connectivity index (χ4v) is 3.88. The second kappa shape index (κ2) is 8.87. The molecule has 2 aromatic heterocycles. The summed E-state index contributed by atoms with van der Waals surface area (Å²) in [6.07, 6.45) is 0. The number of benzene rings is 1. The Hall–Kier alpha value is -2.59. The molecule has 0 radical (unpaired) electrons. The molecule has 27 heavy (non-hydrogen) atoms. The third kappa shape index (κ3) is 5.20. The lowest BCUT2D eigenvalue weighted by Gasteiger charge is -2.09. The summed E-state index contributed by atoms with van der Waals surface area (Å²) < 4.78 is 7.94. The zero-order chi connectivity index (χ0) is 19.2. The number of ether oxygens (including phenoxy) is 1. The predicted molar refractivity (Wildman–Crippen MR) is 108 cm³/mol. The summed E-state index contributed by atoms with van der Waals surface area (Å²) in [6, 6.07) is 9.48. The number of aromatic nitrogens is 4. The Morgan fingerprint density at radius 2 is 2.15 bits per heavy atom. The Morgan fingerprint density at radius 1 is 1.33 bits per heavy atom. The minimum atomic E-state index is -0.116. The van der Waals surface area contributed by atoms with Crippen LogP contribution in [0.15, 0.2) is 34.7 Å². The van der Waals surface area contributed by atoms with Gasteiger partial charge >= 0.3 is 0 Å². The van der Waals surface area contributed by atoms with Gasteiger partial charge in [0.15, 0.2) is 4.34 Å². The Balaban J connectivity index is 1.55. The van der Waals surface area contributed by atoms with E-state index in [0.717, 1.165) is 17.1 Å². The molecule has 0 aliphatic rings. The summed E-state index contributed by atoms with van der Waals surface area (Å²) in [5, 5.41) is 19.1. The van der Waals surface area contributed by atoms with E-state index < -0.39 is 0 Å². The summed E-state index contributed by atoms with van der Waals surface area (Å²) in [4.78, 5) is 12.1. The standard InChI is InChI=1S/C17H20N6O2S2/c1-4-25-13-8-6-5-7-12(13)18-16-20-21-17(27-16)26-10-15(24)19-14-9-11(2)22-23(14)3/h5-9H,4,10H2,1-3H3,(H,18,20)(H,19,24). The van der Waals surface area contributed by atoms with E-state index in [2.05, 4.69) is 25.9 Å². The first-order chi connectivity index (χ1) is 13.0. The van der Waals surface area contributed by atoms with Crippen LogP contribution in [-0.2, 0) is 11.8 Å². The molecule has 1 amide bonds. The van der Waals surface area contributed by atoms with Crippen LogP contribution in [0, 0.1) is 6.92 Å². The van der Waals surface area contributed by atoms with Crippen LogP contribution >= 0.6 is 23.1 Å². The van der Waals surface area contributed by atoms with Gasteiger partial charge in [-0.1, -0.05) is 35.2 Å². The number of hydrogen-bond acceptors (Lipinski definition) is 8. The SMILES string of the molecule is CCOc1ccccc1Nc1nnc(SCC(=O)Nc2cc(C)nn2C)s1. The number of carbonyl (C=O) groups is 1. The molecule has 10 heteroatoms. The summed E-state index contributed by atoms with van der Waals surface area (Å²) in [6.45, 7) is 4.40. The fourth-order valence-electron chi connectivity index (χ4n) is 2.32. The molecule has 2 N–H and O–H groups in total. The largest absolute Gasteiger partial charge is 0.492 e. The van der Waals surface area contributed by atoms with Gasteiger partial charge in [-0.15, -0.1) is 10.2 Å². The molecular weight excluding hydrogens is 384 g/mol. The Kier molecular flexibility index (Phi) is 6.30. The highest BCUT2D eigenvalue weighted by molar-refractivity contribution is 8.01. The predicted octanol–water partition coefficient (Wildman–Crippen LogP) is 3.45. The van der Waals surface area contributed by atoms with Crippen LogP contribution in [0.4, 0.5) is 16.6 Å². The summed E-state index contributed by atoms with van der Waals surface area (Å²) in [5.41, 5.74) is 1.68. The highest BCUT2D eigenvalue weighted by atomic mass is 32.2. The lowest BCUT2D eigenvalue weighted by molar-refractivity contribution is -0.113. The average Bonchev–Trinajstić information content (AvgIpc) is 3.21. The van der Waals surface area contributed by atoms with Gasteiger partial charge in [-0.05, 0) is 26.0 Å². The molecule has 0 atom stereocenters. The number of aryl methyl sites for hydroxylation is 2. The normalized spacial score (nSPS) is 10.6. The molecule has 3 aromatic rings. The number of thioether (sulfide) groups is 1. The van der Waals surface area contributed by atoms with E-state index in [9.17, 15) is 4.79 Å². The van der Waals surface area contributed by atoms with E-state index >= 15 is 0 Å². The van der Waals surface area contributed by atoms with E-state index in [1.54, 1.807) is 11.7 Å². The zero-order valence-electron chi connectivity index (χ0n) is 15.2. The van der Waals surface area contributed by atoms with Crippen molar-refractivity contribution in [3.05, 3.63) is 36.0 Å². The van der Waals surface area contributed by atoms with E-state index in [0.29, 0.717) is 21.9 Å². The lowest BCUT2D eigenvalue weighted by Crippen LogP contribution is -2.16. The average molecular weight is 405 g/mol. The van der Waals surface area contributed by atoms with Crippen molar-refractivity contribution in [2.75, 3.05) is 23.0 Å². The molecule has 3 rings (SSSR count). The molecule has 1 aromatic carbocycles. The van der Waals surface area contributed by atoms with Crippen LogP contribution in [0.5, 0.6) is 5.75 Å². The Morgan fingerprint density at radius 3 is 2.89 bits per heavy atom. The van der Waals surface area contributed by atoms with Crippen molar-refractivity contribution < 1.29 is 9.53 Å². The van der Waals surface area contributed by atoms with Crippen LogP contribution in [-0.4, -0.2) is 38.2 Å². The summed E-state index contributed by atoms with van der Waals surface area (Å²) >= 11 is 2.72. The van der Waals surface area contributed by atoms with Crippen LogP contribution < -0.4 is 15.4 Å². The topological polar surface area (TPSA) is 94.0 Å². The summed E-state index contributed by atoms with van der Waals surface area (Å²) in [5.74, 6) is 1.56. The Labute approximate surface area is 165 Å². The van der Waals surface area contributed by atoms with Gasteiger partial charge < -0.3 is 15.4 Å². The lowest BCUT2D eigenvalue weighted by atomic mass is 10.3. The number of hydrogen-bond donors (Lipinski definition) is 2. The third-order valence-corrected chi connectivity index (χ3v) is 5.40. The van der Waals surface area contributed by atoms with Crippen molar-refractivity contribution in [2.24, 2.45) is 7.05 Å². The van der Waals surface area contributed by atoms with Crippen molar-refractivity contribution in [1.29, 1.82) is 0 Å². The molecular formula is C17H20N6O2S2. The second-order valence-electron chi connectivity index (χ2n) is 5.56. The van der Waals surface area contributed by atoms with Crippen molar-refractivity contribution in [3.8, 4) is 5.75 Å². The van der Waals surface area contributed by atoms with Gasteiger partial charge in [-0.3, -0.25) is 9.48 Å². The van der Waals surface area contributed by atoms with Crippen molar-refractivity contribution in [1.82, 2.24) is 20.0 Å². The molecule has 0 aliphatic heterocycles. The van der Waals surface area contributed by atoms with Gasteiger partial charge in [-0.25, -0.2) is 0 Å². The Bertz CT molecular complexity index is 924. The molecule has 0 saturated heterocycles. The van der Waals surface area contributed by atoms with Gasteiger partial charge in [0, 0.05) is 13.1 Å². The van der Waals surface area contributed by atoms with Crippen LogP contribution in [0.3, 0.4) is 0 Å². The maximum Gasteiger partial charge on any atom is 0.235 e. The molecule has 0 fully saturated rings. The second-order valence-corrected chi connectivity index (χ2v) is 7.76. The molecule has 0 aliphatic carbocycles. The molecule has 2 heterocycles. The smallest absolute Gasteiger partial charge is 0.235 e. The quantitative estimate of drug-likeness (QED) is 0.555. The van der Waals surface area contributed by atoms with Gasteiger partial charge in [-0.2, -0.15) is 5.10 Å². The van der Waals surface area contributed by atoms with Crippen molar-refractivity contribution in [2.45, 2.75) is 18.2 Å². The first kappa shape index (κ1) is 19.2. The highest BCUT2D eigenvalue weighted by Crippen LogP contribution is 2.31. The van der Waals surface area contributed by atoms with E-state index in [-0.39, 0.29) is 11.7 Å². The monoisotopic (exact) mass is 404 g/mol. The molecule has 0 unspecified atom stereocenters. The fraction of sp³-hybridized carbons (Fsp3) is 0.294. The van der Waals surface area contributed by atoms with Gasteiger partial charge in [0.2, 0.25) is 11.0 Å². The van der Waals surface area contributed by atoms with E-state index in [1.165, 1.54) is 23.1 Å². The third-order valence-electron chi connectivity index (χ3n) is 3.43. The molecule has 0 saturated carbocycles. The van der Waals surface area contributed by atoms with Crippen molar-refractivity contribution in [3.63, 3.8) is 0 Å². The highest BCUT2D eigenvalue weighted by Gasteiger charge is 2.12. The minimum Gasteiger partial charge on any atom is -0.492 e. The number of para-hydroxylation sites is 2. The van der Waals surface area contributed by atoms with E-state index in [1.807, 2.05) is 44.2 Å². The molecule has 0 bridgehead atoms. The van der Waals surface area contributed by atoms with Gasteiger partial charge in [0.05, 0.1) is 23.7 Å². The summed E-state index contributed by atoms with van der Waals surface area (Å²) in [7, 11) is 1.79. The number of nitrogens with one attached hydrogen (secondary N) is 2. The number of nitrogens with zero attached hydrogens (tertiary/aromatic N) is 4. The van der Waals surface area contributed by atoms with Crippen molar-refractivity contribution >= 4 is 45.6 Å².